The van der Waals surface area contributed by atoms with E-state index in [0.29, 0.717) is 0 Å². The van der Waals surface area contributed by atoms with E-state index in [9.17, 15) is 0 Å². The molecule has 0 spiro atoms. The number of para-hydroxylation sites is 1. The maximum Gasteiger partial charge on any atom is 0.144 e. The van der Waals surface area contributed by atoms with Crippen molar-refractivity contribution in [2.75, 3.05) is 0 Å². The molecule has 0 fully saturated rings. The second-order valence-corrected chi connectivity index (χ2v) is 15.0. The van der Waals surface area contributed by atoms with Crippen LogP contribution in [0.2, 0.25) is 0 Å². The summed E-state index contributed by atoms with van der Waals surface area (Å²) in [6.07, 6.45) is 0. The van der Waals surface area contributed by atoms with E-state index in [2.05, 4.69) is 158 Å². The van der Waals surface area contributed by atoms with Gasteiger partial charge in [0.05, 0.1) is 0 Å². The Labute approximate surface area is 307 Å². The minimum Gasteiger partial charge on any atom is -0.456 e. The first kappa shape index (κ1) is 29.0. The Bertz CT molecular complexity index is 3390. The normalized spacial score (nSPS) is 12.2. The van der Waals surface area contributed by atoms with Crippen LogP contribution in [0, 0.1) is 0 Å². The van der Waals surface area contributed by atoms with Crippen LogP contribution >= 0.6 is 11.3 Å². The molecule has 0 aliphatic rings. The van der Waals surface area contributed by atoms with Crippen molar-refractivity contribution in [2.24, 2.45) is 0 Å². The van der Waals surface area contributed by atoms with Crippen molar-refractivity contribution in [1.29, 1.82) is 0 Å². The zero-order valence-corrected chi connectivity index (χ0v) is 29.2. The lowest BCUT2D eigenvalue weighted by molar-refractivity contribution is 0.635. The van der Waals surface area contributed by atoms with Gasteiger partial charge in [0.2, 0.25) is 0 Å². The summed E-state index contributed by atoms with van der Waals surface area (Å²) in [5, 5.41) is 13.2. The molecule has 0 saturated heterocycles. The lowest BCUT2D eigenvalue weighted by atomic mass is 9.85. The van der Waals surface area contributed by atoms with Gasteiger partial charge in [-0.1, -0.05) is 133 Å². The molecule has 0 saturated carbocycles. The predicted molar refractivity (Wildman–Crippen MR) is 225 cm³/mol. The quantitative estimate of drug-likeness (QED) is 0.172. The average molecular weight is 693 g/mol. The summed E-state index contributed by atoms with van der Waals surface area (Å²) in [7, 11) is 0. The van der Waals surface area contributed by atoms with Crippen LogP contribution in [-0.4, -0.2) is 0 Å². The highest BCUT2D eigenvalue weighted by Crippen LogP contribution is 2.51. The third-order valence-corrected chi connectivity index (χ3v) is 12.2. The number of benzene rings is 9. The van der Waals surface area contributed by atoms with Crippen LogP contribution < -0.4 is 0 Å². The molecule has 9 aromatic carbocycles. The fraction of sp³-hybridized carbons (Fsp3) is 0. The van der Waals surface area contributed by atoms with Crippen LogP contribution in [0.4, 0.5) is 0 Å². The Morgan fingerprint density at radius 1 is 0.377 bits per heavy atom. The van der Waals surface area contributed by atoms with E-state index in [1.165, 1.54) is 80.1 Å². The molecule has 0 N–H and O–H groups in total. The lowest BCUT2D eigenvalue weighted by Crippen LogP contribution is -1.91. The van der Waals surface area contributed by atoms with E-state index in [0.717, 1.165) is 38.8 Å². The van der Waals surface area contributed by atoms with Crippen LogP contribution in [0.5, 0.6) is 0 Å². The summed E-state index contributed by atoms with van der Waals surface area (Å²) in [5.41, 5.74) is 8.78. The van der Waals surface area contributed by atoms with Gasteiger partial charge in [-0.3, -0.25) is 0 Å². The van der Waals surface area contributed by atoms with Crippen LogP contribution in [0.1, 0.15) is 0 Å². The third-order valence-electron chi connectivity index (χ3n) is 11.0. The van der Waals surface area contributed by atoms with Gasteiger partial charge in [-0.05, 0) is 85.4 Å². The SMILES string of the molecule is c1ccc(-c2cc3cc(-c4c5ccccc5c(-c5ccc6ccc7oc8ccccc8c7c6c5)c5ccccc45)c4sc5ccccc5c4c3o2)cc1. The van der Waals surface area contributed by atoms with Crippen molar-refractivity contribution < 1.29 is 8.83 Å². The van der Waals surface area contributed by atoms with E-state index in [-0.39, 0.29) is 0 Å². The summed E-state index contributed by atoms with van der Waals surface area (Å²) in [6.45, 7) is 0. The first-order valence-corrected chi connectivity index (χ1v) is 18.8. The van der Waals surface area contributed by atoms with Gasteiger partial charge in [-0.15, -0.1) is 11.3 Å². The van der Waals surface area contributed by atoms with Crippen molar-refractivity contribution in [2.45, 2.75) is 0 Å². The maximum absolute atomic E-state index is 6.76. The summed E-state index contributed by atoms with van der Waals surface area (Å²) in [5.74, 6) is 0.884. The van der Waals surface area contributed by atoms with Gasteiger partial charge in [0.25, 0.3) is 0 Å². The highest BCUT2D eigenvalue weighted by Gasteiger charge is 2.23. The van der Waals surface area contributed by atoms with Gasteiger partial charge in [-0.25, -0.2) is 0 Å². The Balaban J connectivity index is 1.19. The highest BCUT2D eigenvalue weighted by molar-refractivity contribution is 7.26. The smallest absolute Gasteiger partial charge is 0.144 e. The molecule has 0 unspecified atom stereocenters. The molecule has 53 heavy (non-hydrogen) atoms. The van der Waals surface area contributed by atoms with Crippen LogP contribution in [0.15, 0.2) is 179 Å². The van der Waals surface area contributed by atoms with Crippen molar-refractivity contribution in [1.82, 2.24) is 0 Å². The van der Waals surface area contributed by atoms with Crippen LogP contribution in [0.25, 0.3) is 119 Å². The zero-order valence-electron chi connectivity index (χ0n) is 28.4. The lowest BCUT2D eigenvalue weighted by Gasteiger charge is -2.18. The Kier molecular flexibility index (Phi) is 5.96. The molecule has 0 atom stereocenters. The summed E-state index contributed by atoms with van der Waals surface area (Å²) < 4.78 is 15.6. The van der Waals surface area contributed by atoms with Gasteiger partial charge < -0.3 is 8.83 Å². The predicted octanol–water partition coefficient (Wildman–Crippen LogP) is 15.2. The Morgan fingerprint density at radius 2 is 1.02 bits per heavy atom. The zero-order chi connectivity index (χ0) is 34.6. The molecule has 0 bridgehead atoms. The summed E-state index contributed by atoms with van der Waals surface area (Å²) in [6, 6.07) is 61.2. The molecule has 12 aromatic rings. The first-order valence-electron chi connectivity index (χ1n) is 18.0. The molecular formula is C50H28O2S. The molecule has 0 amide bonds. The second-order valence-electron chi connectivity index (χ2n) is 13.9. The van der Waals surface area contributed by atoms with Crippen molar-refractivity contribution >= 4 is 96.7 Å². The summed E-state index contributed by atoms with van der Waals surface area (Å²) in [4.78, 5) is 0. The second kappa shape index (κ2) is 10.9. The average Bonchev–Trinajstić information content (AvgIpc) is 3.93. The summed E-state index contributed by atoms with van der Waals surface area (Å²) >= 11 is 1.86. The fourth-order valence-corrected chi connectivity index (χ4v) is 9.97. The number of hydrogen-bond acceptors (Lipinski definition) is 3. The van der Waals surface area contributed by atoms with Gasteiger partial charge in [0.15, 0.2) is 0 Å². The van der Waals surface area contributed by atoms with Crippen molar-refractivity contribution in [3.63, 3.8) is 0 Å². The van der Waals surface area contributed by atoms with E-state index in [1.807, 2.05) is 23.5 Å². The van der Waals surface area contributed by atoms with Crippen molar-refractivity contribution in [3.8, 4) is 33.6 Å². The van der Waals surface area contributed by atoms with Crippen molar-refractivity contribution in [3.05, 3.63) is 170 Å². The van der Waals surface area contributed by atoms with E-state index in [4.69, 9.17) is 8.83 Å². The third kappa shape index (κ3) is 4.14. The highest BCUT2D eigenvalue weighted by atomic mass is 32.1. The number of thiophene rings is 1. The van der Waals surface area contributed by atoms with E-state index in [1.54, 1.807) is 0 Å². The molecule has 246 valence electrons. The molecule has 2 nitrogen and oxygen atoms in total. The Morgan fingerprint density at radius 3 is 1.79 bits per heavy atom. The van der Waals surface area contributed by atoms with Crippen LogP contribution in [-0.2, 0) is 0 Å². The topological polar surface area (TPSA) is 26.3 Å². The monoisotopic (exact) mass is 692 g/mol. The van der Waals surface area contributed by atoms with Gasteiger partial charge in [0.1, 0.15) is 22.5 Å². The minimum absolute atomic E-state index is 0.884. The largest absolute Gasteiger partial charge is 0.456 e. The maximum atomic E-state index is 6.76. The van der Waals surface area contributed by atoms with Gasteiger partial charge in [-0.2, -0.15) is 0 Å². The molecule has 0 radical (unpaired) electrons. The number of rotatable bonds is 3. The molecule has 12 rings (SSSR count). The molecule has 0 aliphatic heterocycles. The molecular weight excluding hydrogens is 665 g/mol. The van der Waals surface area contributed by atoms with E-state index < -0.39 is 0 Å². The first-order chi connectivity index (χ1) is 26.3. The number of hydrogen-bond donors (Lipinski definition) is 0. The number of fused-ring (bicyclic) bond motifs is 12. The minimum atomic E-state index is 0.884. The van der Waals surface area contributed by atoms with E-state index >= 15 is 0 Å². The van der Waals surface area contributed by atoms with Gasteiger partial charge >= 0.3 is 0 Å². The van der Waals surface area contributed by atoms with Crippen LogP contribution in [0.3, 0.4) is 0 Å². The molecule has 0 aliphatic carbocycles. The fourth-order valence-electron chi connectivity index (χ4n) is 8.75. The molecule has 3 heterocycles. The molecule has 3 heteroatoms. The Hall–Kier alpha value is -6.68. The molecule has 3 aromatic heterocycles. The standard InChI is InChI=1S/C50H28O2S/c1-2-12-30(13-3-1)43-28-32-27-40(50-48(49(32)52-43)38-19-9-11-21-44(38)53-50)46-35-16-6-4-14-33(35)45(34-15-5-7-17-36(34)46)31-23-22-29-24-25-42-47(39(29)26-31)37-18-8-10-20-41(37)51-42/h1-28H. The number of furan rings is 2. The van der Waals surface area contributed by atoms with Gasteiger partial charge in [0, 0.05) is 47.5 Å².